The van der Waals surface area contributed by atoms with Crippen LogP contribution >= 0.6 is 7.82 Å². The maximum absolute atomic E-state index is 13.1. The molecule has 14 heteroatoms. The lowest BCUT2D eigenvalue weighted by molar-refractivity contribution is -0.220. The van der Waals surface area contributed by atoms with Crippen LogP contribution in [-0.2, 0) is 18.4 Å². The maximum atomic E-state index is 13.1. The third-order valence-electron chi connectivity index (χ3n) is 13.5. The molecule has 1 aliphatic carbocycles. The summed E-state index contributed by atoms with van der Waals surface area (Å²) in [6.45, 7) is 3.78. The Hall–Kier alpha value is -1.22. The molecule has 0 aromatic carbocycles. The zero-order valence-electron chi connectivity index (χ0n) is 43.0. The number of rotatable bonds is 47. The van der Waals surface area contributed by atoms with Crippen molar-refractivity contribution in [3.63, 3.8) is 0 Å². The zero-order chi connectivity index (χ0) is 50.1. The van der Waals surface area contributed by atoms with Crippen LogP contribution in [0.5, 0.6) is 0 Å². The number of hydrogen-bond acceptors (Lipinski definition) is 11. The molecule has 1 saturated carbocycles. The molecule has 1 amide bonds. The zero-order valence-corrected chi connectivity index (χ0v) is 43.9. The molecular weight excluding hydrogens is 886 g/mol. The monoisotopic (exact) mass is 990 g/mol. The van der Waals surface area contributed by atoms with Crippen LogP contribution in [0.25, 0.3) is 0 Å². The summed E-state index contributed by atoms with van der Waals surface area (Å²) in [5, 5.41) is 74.8. The highest BCUT2D eigenvalue weighted by atomic mass is 31.2. The number of phosphoric ester groups is 1. The van der Waals surface area contributed by atoms with Crippen LogP contribution in [0.4, 0.5) is 0 Å². The summed E-state index contributed by atoms with van der Waals surface area (Å²) in [6, 6.07) is -1.24. The summed E-state index contributed by atoms with van der Waals surface area (Å²) in [5.74, 6) is -0.594. The van der Waals surface area contributed by atoms with E-state index in [-0.39, 0.29) is 6.42 Å². The minimum absolute atomic E-state index is 0.248. The van der Waals surface area contributed by atoms with Gasteiger partial charge in [0.2, 0.25) is 5.91 Å². The summed E-state index contributed by atoms with van der Waals surface area (Å²) in [5.41, 5.74) is 0. The van der Waals surface area contributed by atoms with Crippen molar-refractivity contribution >= 4 is 13.7 Å². The largest absolute Gasteiger partial charge is 0.472 e. The molecule has 1 aliphatic rings. The van der Waals surface area contributed by atoms with Gasteiger partial charge < -0.3 is 46.0 Å². The molecule has 0 heterocycles. The quantitative estimate of drug-likeness (QED) is 0.0158. The van der Waals surface area contributed by atoms with Crippen LogP contribution in [0.15, 0.2) is 24.3 Å². The molecule has 9 N–H and O–H groups in total. The summed E-state index contributed by atoms with van der Waals surface area (Å²) in [7, 11) is -5.15. The van der Waals surface area contributed by atoms with Gasteiger partial charge in [0.05, 0.1) is 31.3 Å². The number of carbonyl (C=O) groups is 1. The first-order valence-corrected chi connectivity index (χ1v) is 29.4. The Morgan fingerprint density at radius 1 is 0.515 bits per heavy atom. The van der Waals surface area contributed by atoms with Crippen LogP contribution in [0, 0.1) is 0 Å². The predicted molar refractivity (Wildman–Crippen MR) is 275 cm³/mol. The van der Waals surface area contributed by atoms with E-state index < -0.39 is 75.2 Å². The summed E-state index contributed by atoms with van der Waals surface area (Å²) in [4.78, 5) is 23.6. The number of allylic oxidation sites excluding steroid dienone is 3. The average molecular weight is 990 g/mol. The van der Waals surface area contributed by atoms with E-state index in [1.165, 1.54) is 160 Å². The van der Waals surface area contributed by atoms with Crippen LogP contribution in [0.1, 0.15) is 251 Å². The van der Waals surface area contributed by atoms with Crippen molar-refractivity contribution in [2.75, 3.05) is 6.61 Å². The number of nitrogens with one attached hydrogen (secondary N) is 1. The van der Waals surface area contributed by atoms with Crippen LogP contribution in [0.2, 0.25) is 0 Å². The first-order valence-electron chi connectivity index (χ1n) is 27.9. The number of unbranched alkanes of at least 4 members (excludes halogenated alkanes) is 32. The van der Waals surface area contributed by atoms with Gasteiger partial charge in [-0.2, -0.15) is 0 Å². The van der Waals surface area contributed by atoms with Gasteiger partial charge in [-0.25, -0.2) is 4.57 Å². The molecule has 8 unspecified atom stereocenters. The number of phosphoric acid groups is 1. The fourth-order valence-electron chi connectivity index (χ4n) is 9.00. The Morgan fingerprint density at radius 3 is 1.25 bits per heavy atom. The second kappa shape index (κ2) is 43.4. The minimum atomic E-state index is -5.15. The number of carbonyl (C=O) groups excluding carboxylic acids is 1. The smallest absolute Gasteiger partial charge is 0.393 e. The summed E-state index contributed by atoms with van der Waals surface area (Å²) in [6.07, 6.45) is 36.8. The van der Waals surface area contributed by atoms with E-state index >= 15 is 0 Å². The van der Waals surface area contributed by atoms with E-state index in [9.17, 15) is 50.0 Å². The van der Waals surface area contributed by atoms with E-state index in [0.717, 1.165) is 64.2 Å². The molecule has 0 bridgehead atoms. The van der Waals surface area contributed by atoms with E-state index in [0.29, 0.717) is 12.8 Å². The molecule has 0 saturated heterocycles. The van der Waals surface area contributed by atoms with Crippen molar-refractivity contribution in [2.45, 2.75) is 306 Å². The van der Waals surface area contributed by atoms with Gasteiger partial charge in [-0.1, -0.05) is 224 Å². The highest BCUT2D eigenvalue weighted by Crippen LogP contribution is 2.47. The minimum Gasteiger partial charge on any atom is -0.393 e. The predicted octanol–water partition coefficient (Wildman–Crippen LogP) is 11.1. The second-order valence-corrected chi connectivity index (χ2v) is 21.4. The molecule has 0 aromatic rings. The lowest BCUT2D eigenvalue weighted by Crippen LogP contribution is -2.64. The molecule has 13 nitrogen and oxygen atoms in total. The molecular formula is C54H104NO12P. The van der Waals surface area contributed by atoms with Gasteiger partial charge in [0.15, 0.2) is 0 Å². The molecule has 0 radical (unpaired) electrons. The third kappa shape index (κ3) is 34.2. The van der Waals surface area contributed by atoms with Gasteiger partial charge in [-0.05, 0) is 44.9 Å². The van der Waals surface area contributed by atoms with Crippen molar-refractivity contribution in [1.29, 1.82) is 0 Å². The van der Waals surface area contributed by atoms with Crippen molar-refractivity contribution in [2.24, 2.45) is 0 Å². The van der Waals surface area contributed by atoms with Crippen molar-refractivity contribution in [3.8, 4) is 0 Å². The molecule has 8 atom stereocenters. The highest BCUT2D eigenvalue weighted by molar-refractivity contribution is 7.47. The molecule has 0 aliphatic heterocycles. The Balaban J connectivity index is 2.45. The summed E-state index contributed by atoms with van der Waals surface area (Å²) < 4.78 is 23.0. The summed E-state index contributed by atoms with van der Waals surface area (Å²) >= 11 is 0. The van der Waals surface area contributed by atoms with Gasteiger partial charge in [-0.3, -0.25) is 13.8 Å². The standard InChI is InChI=1S/C54H104NO12P/c1-3-5-7-9-11-13-15-17-19-21-22-23-24-26-28-30-32-34-36-38-40-42-47(57)46(44-66-68(64,65)67-54-52(62)50(60)49(59)51(61)53(54)63)55-48(58)43-45(56)41-39-37-35-33-31-29-27-25-20-18-16-14-12-10-8-6-4-2/h25,27,40,42,45-47,49-54,56-57,59-63H,3-24,26,28-39,41,43-44H2,1-2H3,(H,55,58)(H,64,65)/b27-25-,42-40+. The average Bonchev–Trinajstić information content (AvgIpc) is 3.31. The van der Waals surface area contributed by atoms with Gasteiger partial charge in [0, 0.05) is 0 Å². The molecule has 68 heavy (non-hydrogen) atoms. The van der Waals surface area contributed by atoms with Crippen molar-refractivity contribution < 1.29 is 59.0 Å². The third-order valence-corrected chi connectivity index (χ3v) is 14.5. The lowest BCUT2D eigenvalue weighted by Gasteiger charge is -2.41. The van der Waals surface area contributed by atoms with Gasteiger partial charge in [0.25, 0.3) is 0 Å². The van der Waals surface area contributed by atoms with Crippen LogP contribution < -0.4 is 5.32 Å². The van der Waals surface area contributed by atoms with Crippen molar-refractivity contribution in [3.05, 3.63) is 24.3 Å². The topological polar surface area (TPSA) is 226 Å². The Labute approximate surface area is 414 Å². The molecule has 0 aromatic heterocycles. The van der Waals surface area contributed by atoms with Gasteiger partial charge in [0.1, 0.15) is 36.6 Å². The van der Waals surface area contributed by atoms with Gasteiger partial charge in [-0.15, -0.1) is 0 Å². The SMILES string of the molecule is CCCCCCCCCC/C=C\CCCCCCCC(O)CC(=O)NC(COP(=O)(O)OC1C(O)C(O)C(O)C(O)C1O)C(O)/C=C/CCCCCCCCCCCCCCCCCCCCC. The van der Waals surface area contributed by atoms with Crippen LogP contribution in [-0.4, -0.2) is 108 Å². The number of hydrogen-bond donors (Lipinski definition) is 9. The van der Waals surface area contributed by atoms with E-state index in [1.807, 2.05) is 0 Å². The number of aliphatic hydroxyl groups is 7. The second-order valence-electron chi connectivity index (χ2n) is 20.0. The van der Waals surface area contributed by atoms with E-state index in [4.69, 9.17) is 9.05 Å². The fraction of sp³-hybridized carbons (Fsp3) is 0.907. The van der Waals surface area contributed by atoms with E-state index in [2.05, 4.69) is 31.3 Å². The van der Waals surface area contributed by atoms with Gasteiger partial charge >= 0.3 is 7.82 Å². The maximum Gasteiger partial charge on any atom is 0.472 e. The molecule has 1 fully saturated rings. The Bertz CT molecular complexity index is 1260. The first kappa shape index (κ1) is 64.8. The molecule has 0 spiro atoms. The Kier molecular flexibility index (Phi) is 41.3. The normalized spacial score (nSPS) is 22.2. The van der Waals surface area contributed by atoms with Crippen LogP contribution in [0.3, 0.4) is 0 Å². The number of aliphatic hydroxyl groups excluding tert-OH is 7. The Morgan fingerprint density at radius 2 is 0.853 bits per heavy atom. The first-order chi connectivity index (χ1) is 32.8. The molecule has 402 valence electrons. The number of amides is 1. The van der Waals surface area contributed by atoms with Crippen molar-refractivity contribution in [1.82, 2.24) is 5.32 Å². The highest BCUT2D eigenvalue weighted by Gasteiger charge is 2.51. The van der Waals surface area contributed by atoms with E-state index in [1.54, 1.807) is 6.08 Å². The lowest BCUT2D eigenvalue weighted by atomic mass is 9.85. The fourth-order valence-corrected chi connectivity index (χ4v) is 9.97. The molecule has 1 rings (SSSR count).